The highest BCUT2D eigenvalue weighted by Crippen LogP contribution is 2.27. The number of carbonyl (C=O) groups excluding carboxylic acids is 1. The Labute approximate surface area is 210 Å². The van der Waals surface area contributed by atoms with Gasteiger partial charge < -0.3 is 20.1 Å². The topological polar surface area (TPSA) is 87.6 Å². The number of nitrogens with zero attached hydrogens (tertiary/aromatic N) is 3. The lowest BCUT2D eigenvalue weighted by Gasteiger charge is -2.33. The molecule has 1 saturated heterocycles. The van der Waals surface area contributed by atoms with Crippen molar-refractivity contribution in [3.63, 3.8) is 0 Å². The number of para-hydroxylation sites is 1. The second kappa shape index (κ2) is 10.8. The summed E-state index contributed by atoms with van der Waals surface area (Å²) in [5, 5.41) is 16.1. The van der Waals surface area contributed by atoms with Gasteiger partial charge >= 0.3 is 0 Å². The highest BCUT2D eigenvalue weighted by Gasteiger charge is 2.23. The van der Waals surface area contributed by atoms with Crippen molar-refractivity contribution in [1.29, 1.82) is 0 Å². The molecule has 4 aromatic rings. The molecule has 2 N–H and O–H groups in total. The number of aromatic nitrogens is 2. The van der Waals surface area contributed by atoms with Gasteiger partial charge in [0, 0.05) is 48.7 Å². The normalized spacial score (nSPS) is 15.9. The van der Waals surface area contributed by atoms with Gasteiger partial charge in [-0.1, -0.05) is 24.3 Å². The fraction of sp³-hybridized carbons (Fsp3) is 0.276. The van der Waals surface area contributed by atoms with Crippen molar-refractivity contribution in [3.05, 3.63) is 84.2 Å². The number of pyridine rings is 2. The molecule has 0 radical (unpaired) electrons. The lowest BCUT2D eigenvalue weighted by atomic mass is 10.0. The number of methoxy groups -OCH3 is 1. The number of likely N-dealkylation sites (tertiary alicyclic amines) is 1. The fourth-order valence-corrected chi connectivity index (χ4v) is 4.75. The molecule has 3 heterocycles. The Morgan fingerprint density at radius 3 is 2.81 bits per heavy atom. The number of β-amino-alcohol motifs (C(OH)–C–C–N with tert-alkyl or cyclic N) is 1. The first-order valence-electron chi connectivity index (χ1n) is 12.3. The van der Waals surface area contributed by atoms with Gasteiger partial charge in [0.1, 0.15) is 5.75 Å². The molecule has 7 nitrogen and oxygen atoms in total. The van der Waals surface area contributed by atoms with Gasteiger partial charge in [-0.05, 0) is 60.9 Å². The molecule has 1 aliphatic heterocycles. The maximum absolute atomic E-state index is 12.5. The molecule has 0 unspecified atom stereocenters. The molecule has 0 spiro atoms. The van der Waals surface area contributed by atoms with Crippen LogP contribution >= 0.6 is 0 Å². The highest BCUT2D eigenvalue weighted by molar-refractivity contribution is 5.92. The minimum atomic E-state index is -0.633. The standard InChI is InChI=1S/C29H30N4O3/c1-36-23-9-10-27-25(18-23)24(12-15-30-27)28(34)19-33-16-13-22(14-17-33)32-29(35)11-8-21-7-6-20-4-2-3-5-26(20)31-21/h2-12,15,18,22,28,34H,13-14,16-17,19H2,1H3,(H,32,35)/b11-8+/t28-/m0/s1. The summed E-state index contributed by atoms with van der Waals surface area (Å²) in [4.78, 5) is 23.7. The van der Waals surface area contributed by atoms with Crippen molar-refractivity contribution in [1.82, 2.24) is 20.2 Å². The Bertz CT molecular complexity index is 1400. The summed E-state index contributed by atoms with van der Waals surface area (Å²) < 4.78 is 5.35. The molecule has 1 amide bonds. The van der Waals surface area contributed by atoms with Crippen molar-refractivity contribution in [2.45, 2.75) is 25.0 Å². The number of piperidine rings is 1. The predicted molar refractivity (Wildman–Crippen MR) is 142 cm³/mol. The number of benzene rings is 2. The van der Waals surface area contributed by atoms with Crippen LogP contribution in [-0.4, -0.2) is 58.7 Å². The maximum atomic E-state index is 12.5. The molecule has 1 atom stereocenters. The molecule has 184 valence electrons. The van der Waals surface area contributed by atoms with Crippen LogP contribution in [0, 0.1) is 0 Å². The fourth-order valence-electron chi connectivity index (χ4n) is 4.75. The van der Waals surface area contributed by atoms with Gasteiger partial charge in [0.15, 0.2) is 0 Å². The summed E-state index contributed by atoms with van der Waals surface area (Å²) in [6.07, 6.45) is 6.08. The molecule has 0 saturated carbocycles. The third-order valence-electron chi connectivity index (χ3n) is 6.73. The Kier molecular flexibility index (Phi) is 7.21. The number of hydrogen-bond acceptors (Lipinski definition) is 6. The Morgan fingerprint density at radius 1 is 1.14 bits per heavy atom. The SMILES string of the molecule is COc1ccc2nccc([C@@H](O)CN3CCC(NC(=O)/C=C/c4ccc5ccccc5n4)CC3)c2c1. The van der Waals surface area contributed by atoms with E-state index in [1.54, 1.807) is 25.5 Å². The summed E-state index contributed by atoms with van der Waals surface area (Å²) in [5.74, 6) is 0.631. The van der Waals surface area contributed by atoms with Crippen LogP contribution in [0.2, 0.25) is 0 Å². The molecule has 1 aliphatic rings. The zero-order chi connectivity index (χ0) is 24.9. The molecule has 36 heavy (non-hydrogen) atoms. The zero-order valence-electron chi connectivity index (χ0n) is 20.3. The van der Waals surface area contributed by atoms with E-state index in [0.29, 0.717) is 6.54 Å². The van der Waals surface area contributed by atoms with Gasteiger partial charge in [-0.25, -0.2) is 4.98 Å². The van der Waals surface area contributed by atoms with E-state index in [1.165, 1.54) is 0 Å². The maximum Gasteiger partial charge on any atom is 0.244 e. The lowest BCUT2D eigenvalue weighted by molar-refractivity contribution is -0.117. The first-order chi connectivity index (χ1) is 17.6. The van der Waals surface area contributed by atoms with Gasteiger partial charge in [-0.15, -0.1) is 0 Å². The van der Waals surface area contributed by atoms with Gasteiger partial charge in [-0.2, -0.15) is 0 Å². The first kappa shape index (κ1) is 23.9. The molecule has 5 rings (SSSR count). The van der Waals surface area contributed by atoms with Gasteiger partial charge in [0.25, 0.3) is 0 Å². The second-order valence-electron chi connectivity index (χ2n) is 9.14. The lowest BCUT2D eigenvalue weighted by Crippen LogP contribution is -2.45. The number of rotatable bonds is 7. The molecule has 2 aromatic carbocycles. The average Bonchev–Trinajstić information content (AvgIpc) is 2.92. The van der Waals surface area contributed by atoms with Gasteiger partial charge in [0.05, 0.1) is 29.9 Å². The number of carbonyl (C=O) groups is 1. The van der Waals surface area contributed by atoms with E-state index in [2.05, 4.69) is 20.2 Å². The number of fused-ring (bicyclic) bond motifs is 2. The summed E-state index contributed by atoms with van der Waals surface area (Å²) in [7, 11) is 1.63. The molecular weight excluding hydrogens is 452 g/mol. The summed E-state index contributed by atoms with van der Waals surface area (Å²) in [6, 6.07) is 19.5. The van der Waals surface area contributed by atoms with Crippen LogP contribution < -0.4 is 10.1 Å². The van der Waals surface area contributed by atoms with Gasteiger partial charge in [-0.3, -0.25) is 9.78 Å². The monoisotopic (exact) mass is 482 g/mol. The minimum absolute atomic E-state index is 0.111. The molecular formula is C29H30N4O3. The van der Waals surface area contributed by atoms with E-state index in [-0.39, 0.29) is 11.9 Å². The van der Waals surface area contributed by atoms with Crippen LogP contribution in [0.25, 0.3) is 27.9 Å². The number of amides is 1. The van der Waals surface area contributed by atoms with E-state index >= 15 is 0 Å². The van der Waals surface area contributed by atoms with Crippen molar-refractivity contribution in [3.8, 4) is 5.75 Å². The largest absolute Gasteiger partial charge is 0.497 e. The van der Waals surface area contributed by atoms with E-state index in [0.717, 1.165) is 64.7 Å². The Hall–Kier alpha value is -3.81. The molecule has 2 aromatic heterocycles. The molecule has 7 heteroatoms. The Morgan fingerprint density at radius 2 is 1.97 bits per heavy atom. The molecule has 0 bridgehead atoms. The van der Waals surface area contributed by atoms with E-state index in [4.69, 9.17) is 4.74 Å². The van der Waals surface area contributed by atoms with Gasteiger partial charge in [0.2, 0.25) is 5.91 Å². The van der Waals surface area contributed by atoms with Crippen molar-refractivity contribution < 1.29 is 14.6 Å². The third-order valence-corrected chi connectivity index (χ3v) is 6.73. The van der Waals surface area contributed by atoms with Crippen LogP contribution in [0.15, 0.2) is 72.9 Å². The number of hydrogen-bond donors (Lipinski definition) is 2. The number of nitrogens with one attached hydrogen (secondary N) is 1. The van der Waals surface area contributed by atoms with Crippen molar-refractivity contribution in [2.24, 2.45) is 0 Å². The minimum Gasteiger partial charge on any atom is -0.497 e. The van der Waals surface area contributed by atoms with Crippen LogP contribution in [0.3, 0.4) is 0 Å². The van der Waals surface area contributed by atoms with E-state index in [1.807, 2.05) is 60.7 Å². The highest BCUT2D eigenvalue weighted by atomic mass is 16.5. The predicted octanol–water partition coefficient (Wildman–Crippen LogP) is 4.12. The quantitative estimate of drug-likeness (QED) is 0.386. The Balaban J connectivity index is 1.13. The van der Waals surface area contributed by atoms with Crippen molar-refractivity contribution in [2.75, 3.05) is 26.7 Å². The van der Waals surface area contributed by atoms with Crippen LogP contribution in [0.1, 0.15) is 30.2 Å². The zero-order valence-corrected chi connectivity index (χ0v) is 20.3. The van der Waals surface area contributed by atoms with Crippen LogP contribution in [-0.2, 0) is 4.79 Å². The summed E-state index contributed by atoms with van der Waals surface area (Å²) in [6.45, 7) is 2.15. The molecule has 1 fully saturated rings. The van der Waals surface area contributed by atoms with Crippen LogP contribution in [0.4, 0.5) is 0 Å². The number of aliphatic hydroxyl groups is 1. The summed E-state index contributed by atoms with van der Waals surface area (Å²) in [5.41, 5.74) is 3.35. The number of ether oxygens (including phenoxy) is 1. The second-order valence-corrected chi connectivity index (χ2v) is 9.14. The van der Waals surface area contributed by atoms with Crippen LogP contribution in [0.5, 0.6) is 5.75 Å². The average molecular weight is 483 g/mol. The van der Waals surface area contributed by atoms with E-state index < -0.39 is 6.10 Å². The first-order valence-corrected chi connectivity index (χ1v) is 12.3. The number of aliphatic hydroxyl groups excluding tert-OH is 1. The van der Waals surface area contributed by atoms with Crippen molar-refractivity contribution >= 4 is 33.8 Å². The third kappa shape index (κ3) is 5.53. The van der Waals surface area contributed by atoms with E-state index in [9.17, 15) is 9.90 Å². The summed E-state index contributed by atoms with van der Waals surface area (Å²) >= 11 is 0. The smallest absolute Gasteiger partial charge is 0.244 e. The molecule has 0 aliphatic carbocycles.